The molecule has 5 N–H and O–H groups in total. The lowest BCUT2D eigenvalue weighted by Gasteiger charge is -2.12. The SMILES string of the molecule is CC(N)CCC(=O)Nc1ccccc1OCCC(N)=O.Cl. The number of rotatable bonds is 8. The van der Waals surface area contributed by atoms with Crippen LogP contribution in [0.3, 0.4) is 0 Å². The first-order chi connectivity index (χ1) is 9.49. The summed E-state index contributed by atoms with van der Waals surface area (Å²) in [4.78, 5) is 22.4. The number of carbonyl (C=O) groups is 2. The van der Waals surface area contributed by atoms with Crippen molar-refractivity contribution in [3.63, 3.8) is 0 Å². The van der Waals surface area contributed by atoms with Crippen LogP contribution in [-0.4, -0.2) is 24.5 Å². The van der Waals surface area contributed by atoms with E-state index in [1.807, 2.05) is 6.92 Å². The molecular formula is C14H22ClN3O3. The predicted octanol–water partition coefficient (Wildman–Crippen LogP) is 1.43. The summed E-state index contributed by atoms with van der Waals surface area (Å²) in [5, 5.41) is 2.77. The quantitative estimate of drug-likeness (QED) is 0.674. The highest BCUT2D eigenvalue weighted by Crippen LogP contribution is 2.24. The fourth-order valence-electron chi connectivity index (χ4n) is 1.53. The largest absolute Gasteiger partial charge is 0.491 e. The zero-order valence-corrected chi connectivity index (χ0v) is 12.8. The summed E-state index contributed by atoms with van der Waals surface area (Å²) in [6.45, 7) is 2.04. The molecule has 0 aliphatic rings. The predicted molar refractivity (Wildman–Crippen MR) is 84.5 cm³/mol. The lowest BCUT2D eigenvalue weighted by molar-refractivity contribution is -0.118. The van der Waals surface area contributed by atoms with Crippen molar-refractivity contribution in [2.45, 2.75) is 32.2 Å². The third-order valence-electron chi connectivity index (χ3n) is 2.59. The Labute approximate surface area is 130 Å². The van der Waals surface area contributed by atoms with Crippen molar-refractivity contribution in [1.82, 2.24) is 0 Å². The second-order valence-electron chi connectivity index (χ2n) is 4.63. The molecular weight excluding hydrogens is 294 g/mol. The van der Waals surface area contributed by atoms with Crippen LogP contribution < -0.4 is 21.5 Å². The van der Waals surface area contributed by atoms with Gasteiger partial charge < -0.3 is 21.5 Å². The molecule has 21 heavy (non-hydrogen) atoms. The first-order valence-electron chi connectivity index (χ1n) is 6.54. The van der Waals surface area contributed by atoms with E-state index < -0.39 is 5.91 Å². The van der Waals surface area contributed by atoms with E-state index in [0.717, 1.165) is 0 Å². The number of nitrogens with one attached hydrogen (secondary N) is 1. The first-order valence-corrected chi connectivity index (χ1v) is 6.54. The molecule has 0 saturated heterocycles. The van der Waals surface area contributed by atoms with Crippen LogP contribution in [0, 0.1) is 0 Å². The Balaban J connectivity index is 0.00000400. The van der Waals surface area contributed by atoms with Crippen LogP contribution in [0.1, 0.15) is 26.2 Å². The standard InChI is InChI=1S/C14H21N3O3.ClH/c1-10(15)6-7-14(19)17-11-4-2-3-5-12(11)20-9-8-13(16)18;/h2-5,10H,6-9,15H2,1H3,(H2,16,18)(H,17,19);1H. The Hall–Kier alpha value is -1.79. The van der Waals surface area contributed by atoms with Crippen LogP contribution in [-0.2, 0) is 9.59 Å². The zero-order valence-electron chi connectivity index (χ0n) is 12.0. The molecule has 1 rings (SSSR count). The van der Waals surface area contributed by atoms with Crippen LogP contribution >= 0.6 is 12.4 Å². The van der Waals surface area contributed by atoms with Crippen molar-refractivity contribution in [2.24, 2.45) is 11.5 Å². The number of carbonyl (C=O) groups excluding carboxylic acids is 2. The van der Waals surface area contributed by atoms with Crippen molar-refractivity contribution in [3.05, 3.63) is 24.3 Å². The maximum absolute atomic E-state index is 11.8. The van der Waals surface area contributed by atoms with E-state index in [2.05, 4.69) is 5.32 Å². The fraction of sp³-hybridized carbons (Fsp3) is 0.429. The van der Waals surface area contributed by atoms with Gasteiger partial charge in [-0.2, -0.15) is 0 Å². The van der Waals surface area contributed by atoms with E-state index in [0.29, 0.717) is 24.3 Å². The summed E-state index contributed by atoms with van der Waals surface area (Å²) < 4.78 is 5.43. The highest BCUT2D eigenvalue weighted by molar-refractivity contribution is 5.92. The summed E-state index contributed by atoms with van der Waals surface area (Å²) in [5.41, 5.74) is 11.2. The number of benzene rings is 1. The van der Waals surface area contributed by atoms with E-state index >= 15 is 0 Å². The van der Waals surface area contributed by atoms with Crippen LogP contribution in [0.2, 0.25) is 0 Å². The van der Waals surface area contributed by atoms with E-state index in [1.54, 1.807) is 24.3 Å². The summed E-state index contributed by atoms with van der Waals surface area (Å²) >= 11 is 0. The molecule has 2 amide bonds. The van der Waals surface area contributed by atoms with Gasteiger partial charge in [0.2, 0.25) is 11.8 Å². The van der Waals surface area contributed by atoms with E-state index in [9.17, 15) is 9.59 Å². The van der Waals surface area contributed by atoms with E-state index in [-0.39, 0.29) is 37.4 Å². The van der Waals surface area contributed by atoms with Gasteiger partial charge in [-0.15, -0.1) is 12.4 Å². The van der Waals surface area contributed by atoms with Gasteiger partial charge in [0.1, 0.15) is 5.75 Å². The highest BCUT2D eigenvalue weighted by atomic mass is 35.5. The third-order valence-corrected chi connectivity index (χ3v) is 2.59. The van der Waals surface area contributed by atoms with Crippen molar-refractivity contribution < 1.29 is 14.3 Å². The number of hydrogen-bond donors (Lipinski definition) is 3. The van der Waals surface area contributed by atoms with Gasteiger partial charge in [-0.05, 0) is 25.5 Å². The Morgan fingerprint density at radius 3 is 2.57 bits per heavy atom. The molecule has 0 aliphatic carbocycles. The average molecular weight is 316 g/mol. The number of amides is 2. The molecule has 7 heteroatoms. The lowest BCUT2D eigenvalue weighted by Crippen LogP contribution is -2.20. The molecule has 0 aliphatic heterocycles. The van der Waals surface area contributed by atoms with E-state index in [1.165, 1.54) is 0 Å². The molecule has 0 aromatic heterocycles. The van der Waals surface area contributed by atoms with Gasteiger partial charge in [-0.25, -0.2) is 0 Å². The number of halogens is 1. The zero-order chi connectivity index (χ0) is 15.0. The van der Waals surface area contributed by atoms with Crippen molar-refractivity contribution in [3.8, 4) is 5.75 Å². The fourth-order valence-corrected chi connectivity index (χ4v) is 1.53. The maximum atomic E-state index is 11.8. The number of para-hydroxylation sites is 2. The van der Waals surface area contributed by atoms with Gasteiger partial charge >= 0.3 is 0 Å². The molecule has 1 aromatic rings. The van der Waals surface area contributed by atoms with Gasteiger partial charge in [0.05, 0.1) is 18.7 Å². The molecule has 0 bridgehead atoms. The van der Waals surface area contributed by atoms with Crippen molar-refractivity contribution in [2.75, 3.05) is 11.9 Å². The summed E-state index contributed by atoms with van der Waals surface area (Å²) in [5.74, 6) is -0.0281. The second kappa shape index (κ2) is 10.0. The Morgan fingerprint density at radius 2 is 1.95 bits per heavy atom. The minimum Gasteiger partial charge on any atom is -0.491 e. The Morgan fingerprint density at radius 1 is 1.29 bits per heavy atom. The highest BCUT2D eigenvalue weighted by Gasteiger charge is 2.08. The molecule has 1 unspecified atom stereocenters. The van der Waals surface area contributed by atoms with Crippen LogP contribution in [0.4, 0.5) is 5.69 Å². The van der Waals surface area contributed by atoms with Gasteiger partial charge in [0, 0.05) is 12.5 Å². The molecule has 0 fully saturated rings. The van der Waals surface area contributed by atoms with E-state index in [4.69, 9.17) is 16.2 Å². The molecule has 0 saturated carbocycles. The van der Waals surface area contributed by atoms with Crippen molar-refractivity contribution in [1.29, 1.82) is 0 Å². The van der Waals surface area contributed by atoms with Crippen LogP contribution in [0.25, 0.3) is 0 Å². The minimum absolute atomic E-state index is 0. The van der Waals surface area contributed by atoms with Gasteiger partial charge in [0.25, 0.3) is 0 Å². The molecule has 0 radical (unpaired) electrons. The smallest absolute Gasteiger partial charge is 0.224 e. The third kappa shape index (κ3) is 8.16. The molecule has 0 heterocycles. The molecule has 118 valence electrons. The molecule has 0 spiro atoms. The Bertz CT molecular complexity index is 467. The van der Waals surface area contributed by atoms with Gasteiger partial charge in [-0.1, -0.05) is 12.1 Å². The summed E-state index contributed by atoms with van der Waals surface area (Å²) in [6, 6.07) is 7.04. The van der Waals surface area contributed by atoms with Gasteiger partial charge in [0.15, 0.2) is 0 Å². The van der Waals surface area contributed by atoms with Gasteiger partial charge in [-0.3, -0.25) is 9.59 Å². The molecule has 1 atom stereocenters. The number of ether oxygens (including phenoxy) is 1. The average Bonchev–Trinajstić information content (AvgIpc) is 2.38. The molecule has 6 nitrogen and oxygen atoms in total. The normalized spacial score (nSPS) is 11.1. The first kappa shape index (κ1) is 19.2. The number of hydrogen-bond acceptors (Lipinski definition) is 4. The molecule has 1 aromatic carbocycles. The van der Waals surface area contributed by atoms with Crippen molar-refractivity contribution >= 4 is 29.9 Å². The monoisotopic (exact) mass is 315 g/mol. The van der Waals surface area contributed by atoms with Crippen LogP contribution in [0.5, 0.6) is 5.75 Å². The Kier molecular flexibility index (Phi) is 9.16. The summed E-state index contributed by atoms with van der Waals surface area (Å²) in [7, 11) is 0. The topological polar surface area (TPSA) is 107 Å². The number of primary amides is 1. The lowest BCUT2D eigenvalue weighted by atomic mass is 10.2. The minimum atomic E-state index is -0.427. The maximum Gasteiger partial charge on any atom is 0.224 e. The summed E-state index contributed by atoms with van der Waals surface area (Å²) in [6.07, 6.45) is 1.11. The second-order valence-corrected chi connectivity index (χ2v) is 4.63. The number of anilines is 1. The van der Waals surface area contributed by atoms with Crippen LogP contribution in [0.15, 0.2) is 24.3 Å². The number of nitrogens with two attached hydrogens (primary N) is 2.